The summed E-state index contributed by atoms with van der Waals surface area (Å²) in [6.07, 6.45) is 2.88. The first kappa shape index (κ1) is 21.6. The van der Waals surface area contributed by atoms with Crippen LogP contribution >= 0.6 is 0 Å². The Hall–Kier alpha value is -3.93. The van der Waals surface area contributed by atoms with Gasteiger partial charge in [0, 0.05) is 43.0 Å². The van der Waals surface area contributed by atoms with Gasteiger partial charge in [-0.05, 0) is 55.2 Å². The maximum absolute atomic E-state index is 13.5. The molecule has 1 aromatic heterocycles. The Morgan fingerprint density at radius 3 is 2.23 bits per heavy atom. The van der Waals surface area contributed by atoms with E-state index in [1.807, 2.05) is 56.9 Å². The van der Waals surface area contributed by atoms with Crippen molar-refractivity contribution in [3.05, 3.63) is 94.8 Å². The van der Waals surface area contributed by atoms with Crippen molar-refractivity contribution in [2.75, 3.05) is 26.2 Å². The molecule has 2 heterocycles. The molecule has 0 bridgehead atoms. The summed E-state index contributed by atoms with van der Waals surface area (Å²) in [6, 6.07) is 22.1. The molecule has 0 radical (unpaired) electrons. The fraction of sp³-hybridized carbons (Fsp3) is 0.276. The van der Waals surface area contributed by atoms with Crippen molar-refractivity contribution in [2.45, 2.75) is 26.2 Å². The number of nitrogens with zero attached hydrogens (tertiary/aromatic N) is 4. The Morgan fingerprint density at radius 2 is 1.46 bits per heavy atom. The zero-order chi connectivity index (χ0) is 23.9. The van der Waals surface area contributed by atoms with Crippen molar-refractivity contribution in [3.8, 4) is 5.69 Å². The molecule has 6 rings (SSSR count). The molecule has 1 aliphatic heterocycles. The zero-order valence-electron chi connectivity index (χ0n) is 19.9. The van der Waals surface area contributed by atoms with Crippen LogP contribution < -0.4 is 0 Å². The van der Waals surface area contributed by atoms with E-state index in [9.17, 15) is 9.59 Å². The highest BCUT2D eigenvalue weighted by atomic mass is 16.2. The van der Waals surface area contributed by atoms with Crippen LogP contribution in [0, 0.1) is 6.92 Å². The van der Waals surface area contributed by atoms with Crippen molar-refractivity contribution in [1.82, 2.24) is 19.6 Å². The molecular formula is C29H28N4O2. The summed E-state index contributed by atoms with van der Waals surface area (Å²) in [4.78, 5) is 30.5. The zero-order valence-corrected chi connectivity index (χ0v) is 19.9. The minimum Gasteiger partial charge on any atom is -0.335 e. The SMILES string of the molecule is Cc1ccc(-n2nc(C(=O)N3CCN(C(=O)c4cccc5ccccc45)CC3)c3c2CCC3)cc1. The maximum Gasteiger partial charge on any atom is 0.274 e. The molecule has 6 nitrogen and oxygen atoms in total. The molecule has 1 aliphatic carbocycles. The van der Waals surface area contributed by atoms with Crippen LogP contribution in [0.15, 0.2) is 66.7 Å². The molecule has 1 saturated heterocycles. The standard InChI is InChI=1S/C29H28N4O2/c1-20-12-14-22(15-13-20)33-26-11-5-10-25(26)27(30-33)29(35)32-18-16-31(17-19-32)28(34)24-9-4-7-21-6-2-3-8-23(21)24/h2-4,6-9,12-15H,5,10-11,16-19H2,1H3. The number of carbonyl (C=O) groups is 2. The van der Waals surface area contributed by atoms with Crippen LogP contribution in [0.2, 0.25) is 0 Å². The molecule has 0 atom stereocenters. The van der Waals surface area contributed by atoms with E-state index < -0.39 is 0 Å². The third-order valence-electron chi connectivity index (χ3n) is 7.29. The number of carbonyl (C=O) groups excluding carboxylic acids is 2. The van der Waals surface area contributed by atoms with Gasteiger partial charge in [0.25, 0.3) is 11.8 Å². The van der Waals surface area contributed by atoms with Crippen LogP contribution in [0.4, 0.5) is 0 Å². The first-order chi connectivity index (χ1) is 17.1. The van der Waals surface area contributed by atoms with Crippen LogP contribution in [-0.2, 0) is 12.8 Å². The summed E-state index contributed by atoms with van der Waals surface area (Å²) in [5.41, 5.74) is 5.74. The Labute approximate surface area is 204 Å². The van der Waals surface area contributed by atoms with Gasteiger partial charge in [-0.25, -0.2) is 4.68 Å². The summed E-state index contributed by atoms with van der Waals surface area (Å²) in [7, 11) is 0. The lowest BCUT2D eigenvalue weighted by Crippen LogP contribution is -2.50. The highest BCUT2D eigenvalue weighted by Gasteiger charge is 2.32. The highest BCUT2D eigenvalue weighted by Crippen LogP contribution is 2.29. The second kappa shape index (κ2) is 8.69. The predicted molar refractivity (Wildman–Crippen MR) is 136 cm³/mol. The summed E-state index contributed by atoms with van der Waals surface area (Å²) in [5.74, 6) is 0.00436. The summed E-state index contributed by atoms with van der Waals surface area (Å²) >= 11 is 0. The molecular weight excluding hydrogens is 436 g/mol. The van der Waals surface area contributed by atoms with Crippen molar-refractivity contribution < 1.29 is 9.59 Å². The quantitative estimate of drug-likeness (QED) is 0.451. The van der Waals surface area contributed by atoms with E-state index in [1.165, 1.54) is 5.56 Å². The number of amides is 2. The van der Waals surface area contributed by atoms with Crippen LogP contribution in [0.5, 0.6) is 0 Å². The van der Waals surface area contributed by atoms with E-state index in [1.54, 1.807) is 0 Å². The predicted octanol–water partition coefficient (Wildman–Crippen LogP) is 4.42. The van der Waals surface area contributed by atoms with Gasteiger partial charge in [0.1, 0.15) is 0 Å². The first-order valence-electron chi connectivity index (χ1n) is 12.3. The number of fused-ring (bicyclic) bond motifs is 2. The number of aromatic nitrogens is 2. The minimum absolute atomic E-state index is 0.0220. The van der Waals surface area contributed by atoms with Crippen molar-refractivity contribution >= 4 is 22.6 Å². The van der Waals surface area contributed by atoms with E-state index in [0.29, 0.717) is 31.9 Å². The molecule has 176 valence electrons. The van der Waals surface area contributed by atoms with Gasteiger partial charge in [0.15, 0.2) is 5.69 Å². The van der Waals surface area contributed by atoms with Crippen LogP contribution in [0.3, 0.4) is 0 Å². The van der Waals surface area contributed by atoms with Gasteiger partial charge < -0.3 is 9.80 Å². The normalized spacial score (nSPS) is 15.5. The first-order valence-corrected chi connectivity index (χ1v) is 12.3. The monoisotopic (exact) mass is 464 g/mol. The van der Waals surface area contributed by atoms with Gasteiger partial charge in [-0.1, -0.05) is 54.1 Å². The van der Waals surface area contributed by atoms with E-state index in [4.69, 9.17) is 5.10 Å². The maximum atomic E-state index is 13.5. The summed E-state index contributed by atoms with van der Waals surface area (Å²) < 4.78 is 1.95. The third-order valence-corrected chi connectivity index (χ3v) is 7.29. The molecule has 2 amide bonds. The molecule has 2 aliphatic rings. The lowest BCUT2D eigenvalue weighted by molar-refractivity contribution is 0.0532. The number of benzene rings is 3. The van der Waals surface area contributed by atoms with Crippen molar-refractivity contribution in [1.29, 1.82) is 0 Å². The highest BCUT2D eigenvalue weighted by molar-refractivity contribution is 6.07. The van der Waals surface area contributed by atoms with Gasteiger partial charge in [-0.3, -0.25) is 9.59 Å². The lowest BCUT2D eigenvalue weighted by atomic mass is 10.0. The third kappa shape index (κ3) is 3.79. The average Bonchev–Trinajstić information content (AvgIpc) is 3.51. The summed E-state index contributed by atoms with van der Waals surface area (Å²) in [5, 5.41) is 6.82. The number of piperazine rings is 1. The van der Waals surface area contributed by atoms with E-state index in [0.717, 1.165) is 52.5 Å². The molecule has 0 saturated carbocycles. The van der Waals surface area contributed by atoms with Gasteiger partial charge in [0.2, 0.25) is 0 Å². The molecule has 4 aromatic rings. The van der Waals surface area contributed by atoms with E-state index in [-0.39, 0.29) is 11.8 Å². The Bertz CT molecular complexity index is 1420. The van der Waals surface area contributed by atoms with Gasteiger partial charge in [-0.2, -0.15) is 5.10 Å². The average molecular weight is 465 g/mol. The minimum atomic E-state index is -0.0220. The van der Waals surface area contributed by atoms with Gasteiger partial charge in [-0.15, -0.1) is 0 Å². The Morgan fingerprint density at radius 1 is 0.771 bits per heavy atom. The molecule has 35 heavy (non-hydrogen) atoms. The molecule has 1 fully saturated rings. The number of rotatable bonds is 3. The summed E-state index contributed by atoms with van der Waals surface area (Å²) in [6.45, 7) is 4.14. The second-order valence-corrected chi connectivity index (χ2v) is 9.49. The molecule has 0 unspecified atom stereocenters. The number of hydrogen-bond donors (Lipinski definition) is 0. The lowest BCUT2D eigenvalue weighted by Gasteiger charge is -2.34. The van der Waals surface area contributed by atoms with Crippen LogP contribution in [-0.4, -0.2) is 57.6 Å². The molecule has 0 spiro atoms. The topological polar surface area (TPSA) is 58.4 Å². The molecule has 0 N–H and O–H groups in total. The second-order valence-electron chi connectivity index (χ2n) is 9.49. The van der Waals surface area contributed by atoms with Gasteiger partial charge in [0.05, 0.1) is 5.69 Å². The number of hydrogen-bond acceptors (Lipinski definition) is 3. The Kier molecular flexibility index (Phi) is 5.36. The number of aryl methyl sites for hydroxylation is 1. The van der Waals surface area contributed by atoms with Crippen molar-refractivity contribution in [2.24, 2.45) is 0 Å². The molecule has 6 heteroatoms. The molecule has 3 aromatic carbocycles. The van der Waals surface area contributed by atoms with E-state index >= 15 is 0 Å². The van der Waals surface area contributed by atoms with E-state index in [2.05, 4.69) is 31.2 Å². The van der Waals surface area contributed by atoms with Crippen molar-refractivity contribution in [3.63, 3.8) is 0 Å². The van der Waals surface area contributed by atoms with Crippen LogP contribution in [0.1, 0.15) is 44.1 Å². The fourth-order valence-electron chi connectivity index (χ4n) is 5.35. The fourth-order valence-corrected chi connectivity index (χ4v) is 5.35. The smallest absolute Gasteiger partial charge is 0.274 e. The largest absolute Gasteiger partial charge is 0.335 e. The van der Waals surface area contributed by atoms with Gasteiger partial charge >= 0.3 is 0 Å². The van der Waals surface area contributed by atoms with Crippen LogP contribution in [0.25, 0.3) is 16.5 Å². The Balaban J connectivity index is 1.20.